The number of phenols is 1. The number of rotatable bonds is 6. The van der Waals surface area contributed by atoms with Crippen molar-refractivity contribution in [1.82, 2.24) is 20.2 Å². The Morgan fingerprint density at radius 1 is 1.16 bits per heavy atom. The molecule has 1 saturated heterocycles. The number of nitrogens with one attached hydrogen (secondary N) is 2. The summed E-state index contributed by atoms with van der Waals surface area (Å²) in [7, 11) is 0. The molecule has 2 amide bonds. The van der Waals surface area contributed by atoms with Gasteiger partial charge in [-0.1, -0.05) is 0 Å². The van der Waals surface area contributed by atoms with Gasteiger partial charge in [-0.15, -0.1) is 0 Å². The number of alkyl carbamates (subject to hydrolysis) is 1. The number of benzene rings is 2. The van der Waals surface area contributed by atoms with Crippen molar-refractivity contribution in [3.8, 4) is 5.75 Å². The summed E-state index contributed by atoms with van der Waals surface area (Å²) in [5.41, 5.74) is 9.33. The minimum absolute atomic E-state index is 0.0332. The van der Waals surface area contributed by atoms with Crippen molar-refractivity contribution >= 4 is 34.7 Å². The molecule has 0 bridgehead atoms. The summed E-state index contributed by atoms with van der Waals surface area (Å²) in [6, 6.07) is 6.88. The lowest BCUT2D eigenvalue weighted by molar-refractivity contribution is -0.148. The van der Waals surface area contributed by atoms with E-state index >= 15 is 0 Å². The molecule has 0 radical (unpaired) electrons. The van der Waals surface area contributed by atoms with Gasteiger partial charge in [0.1, 0.15) is 17.9 Å². The maximum absolute atomic E-state index is 13.0. The van der Waals surface area contributed by atoms with Crippen LogP contribution < -0.4 is 11.1 Å². The molecule has 5 N–H and O–H groups in total. The fourth-order valence-electron chi connectivity index (χ4n) is 4.28. The van der Waals surface area contributed by atoms with Crippen molar-refractivity contribution in [2.45, 2.75) is 32.7 Å². The number of amides is 2. The zero-order valence-electron chi connectivity index (χ0n) is 21.0. The summed E-state index contributed by atoms with van der Waals surface area (Å²) in [4.78, 5) is 46.2. The molecular weight excluding hydrogens is 492 g/mol. The first-order valence-electron chi connectivity index (χ1n) is 11.9. The summed E-state index contributed by atoms with van der Waals surface area (Å²) in [6.45, 7) is 3.89. The van der Waals surface area contributed by atoms with Crippen LogP contribution in [-0.2, 0) is 14.3 Å². The Morgan fingerprint density at radius 3 is 2.61 bits per heavy atom. The first-order chi connectivity index (χ1) is 18.2. The molecule has 2 heterocycles. The third-order valence-corrected chi connectivity index (χ3v) is 6.26. The number of hydrogen-bond donors (Lipinski definition) is 4. The maximum atomic E-state index is 13.0. The molecule has 1 atom stereocenters. The van der Waals surface area contributed by atoms with Gasteiger partial charge in [-0.2, -0.15) is 0 Å². The van der Waals surface area contributed by atoms with Crippen LogP contribution in [0.4, 0.5) is 4.79 Å². The number of hydrogen-bond acceptors (Lipinski definition) is 10. The number of carbonyl (C=O) groups excluding carboxylic acids is 3. The summed E-state index contributed by atoms with van der Waals surface area (Å²) in [5, 5.41) is 21.6. The molecule has 0 aliphatic carbocycles. The number of esters is 1. The summed E-state index contributed by atoms with van der Waals surface area (Å²) >= 11 is 0. The highest BCUT2D eigenvalue weighted by Gasteiger charge is 2.24. The number of likely N-dealkylation sites (tertiary alicyclic amines) is 1. The van der Waals surface area contributed by atoms with Gasteiger partial charge in [0.25, 0.3) is 5.91 Å². The number of aromatic hydroxyl groups is 1. The van der Waals surface area contributed by atoms with Crippen LogP contribution in [0.5, 0.6) is 5.75 Å². The lowest BCUT2D eigenvalue weighted by Gasteiger charge is -2.19. The highest BCUT2D eigenvalue weighted by molar-refractivity contribution is 6.05. The number of aryl methyl sites for hydroxylation is 1. The van der Waals surface area contributed by atoms with Crippen LogP contribution in [0.3, 0.4) is 0 Å². The molecule has 198 valence electrons. The van der Waals surface area contributed by atoms with E-state index in [9.17, 15) is 19.5 Å². The molecule has 1 aliphatic heterocycles. The van der Waals surface area contributed by atoms with Crippen molar-refractivity contribution in [2.75, 3.05) is 19.9 Å². The van der Waals surface area contributed by atoms with Crippen LogP contribution in [0.1, 0.15) is 58.5 Å². The molecule has 38 heavy (non-hydrogen) atoms. The zero-order chi connectivity index (χ0) is 27.4. The number of nitrogens with zero attached hydrogens (tertiary/aromatic N) is 3. The minimum atomic E-state index is -0.994. The van der Waals surface area contributed by atoms with Crippen molar-refractivity contribution in [2.24, 2.45) is 5.73 Å². The topological polar surface area (TPSA) is 181 Å². The number of amidine groups is 1. The summed E-state index contributed by atoms with van der Waals surface area (Å²) < 4.78 is 9.21. The first kappa shape index (κ1) is 26.5. The zero-order valence-corrected chi connectivity index (χ0v) is 21.0. The highest BCUT2D eigenvalue weighted by Crippen LogP contribution is 2.32. The summed E-state index contributed by atoms with van der Waals surface area (Å²) in [6.07, 6.45) is 2.34. The number of nitrogens with two attached hydrogens (primary N) is 1. The minimum Gasteiger partial charge on any atom is -0.508 e. The fourth-order valence-corrected chi connectivity index (χ4v) is 4.28. The van der Waals surface area contributed by atoms with E-state index in [0.29, 0.717) is 22.2 Å². The average molecular weight is 521 g/mol. The van der Waals surface area contributed by atoms with Gasteiger partial charge in [-0.3, -0.25) is 20.3 Å². The number of fused-ring (bicyclic) bond motifs is 1. The standard InChI is InChI=1S/C26H28N6O6/c1-14-9-18-20(11-17(14)25(35)32-7-3-4-8-32)29-12-30-23(18)22(27)19-10-16(5-6-21(19)34)24(28)31-26(36)38-13-37-15(2)33/h5-6,9-12,22,34H,3-4,7-8,13,27H2,1-2H3,(H2,28,31,36). The Morgan fingerprint density at radius 2 is 1.89 bits per heavy atom. The third-order valence-electron chi connectivity index (χ3n) is 6.26. The molecule has 4 rings (SSSR count). The second kappa shape index (κ2) is 11.2. The van der Waals surface area contributed by atoms with E-state index < -0.39 is 24.9 Å². The van der Waals surface area contributed by atoms with Crippen molar-refractivity contribution in [3.63, 3.8) is 0 Å². The number of phenolic OH excluding ortho intramolecular Hbond substituents is 1. The van der Waals surface area contributed by atoms with Crippen LogP contribution in [0.25, 0.3) is 10.9 Å². The van der Waals surface area contributed by atoms with Gasteiger partial charge in [-0.25, -0.2) is 14.8 Å². The van der Waals surface area contributed by atoms with Gasteiger partial charge < -0.3 is 25.2 Å². The van der Waals surface area contributed by atoms with Crippen LogP contribution in [-0.4, -0.2) is 63.7 Å². The van der Waals surface area contributed by atoms with E-state index in [2.05, 4.69) is 24.8 Å². The average Bonchev–Trinajstić information content (AvgIpc) is 3.42. The van der Waals surface area contributed by atoms with E-state index in [-0.39, 0.29) is 28.6 Å². The molecular formula is C26H28N6O6. The molecule has 2 aromatic carbocycles. The second-order valence-corrected chi connectivity index (χ2v) is 8.88. The van der Waals surface area contributed by atoms with E-state index in [1.165, 1.54) is 31.5 Å². The molecule has 0 saturated carbocycles. The SMILES string of the molecule is CC(=O)OCOC(=O)NC(=N)c1ccc(O)c(C(N)c2ncnc3cc(C(=O)N4CCCC4)c(C)cc23)c1. The third kappa shape index (κ3) is 5.70. The van der Waals surface area contributed by atoms with E-state index in [0.717, 1.165) is 31.5 Å². The van der Waals surface area contributed by atoms with Gasteiger partial charge in [0.05, 0.1) is 17.3 Å². The molecule has 1 aromatic heterocycles. The number of ether oxygens (including phenoxy) is 2. The molecule has 12 nitrogen and oxygen atoms in total. The Balaban J connectivity index is 1.60. The van der Waals surface area contributed by atoms with Crippen LogP contribution in [0, 0.1) is 12.3 Å². The molecule has 1 unspecified atom stereocenters. The maximum Gasteiger partial charge on any atom is 0.415 e. The highest BCUT2D eigenvalue weighted by atomic mass is 16.7. The van der Waals surface area contributed by atoms with Gasteiger partial charge in [-0.05, 0) is 55.7 Å². The Kier molecular flexibility index (Phi) is 7.82. The monoisotopic (exact) mass is 520 g/mol. The Labute approximate surface area is 218 Å². The molecule has 0 spiro atoms. The predicted octanol–water partition coefficient (Wildman–Crippen LogP) is 2.50. The van der Waals surface area contributed by atoms with Crippen LogP contribution in [0.2, 0.25) is 0 Å². The molecule has 1 fully saturated rings. The summed E-state index contributed by atoms with van der Waals surface area (Å²) in [5.74, 6) is -1.10. The largest absolute Gasteiger partial charge is 0.508 e. The Hall–Kier alpha value is -4.58. The van der Waals surface area contributed by atoms with Gasteiger partial charge in [0, 0.05) is 42.1 Å². The van der Waals surface area contributed by atoms with Gasteiger partial charge in [0.2, 0.25) is 6.79 Å². The smallest absolute Gasteiger partial charge is 0.415 e. The van der Waals surface area contributed by atoms with Crippen LogP contribution >= 0.6 is 0 Å². The quantitative estimate of drug-likeness (QED) is 0.164. The normalized spacial score (nSPS) is 13.7. The Bertz CT molecular complexity index is 1420. The molecule has 1 aliphatic rings. The first-order valence-corrected chi connectivity index (χ1v) is 11.9. The van der Waals surface area contributed by atoms with E-state index in [1.54, 1.807) is 6.07 Å². The van der Waals surface area contributed by atoms with Gasteiger partial charge >= 0.3 is 12.1 Å². The van der Waals surface area contributed by atoms with Crippen molar-refractivity contribution in [3.05, 3.63) is 64.6 Å². The molecule has 12 heteroatoms. The lowest BCUT2D eigenvalue weighted by atomic mass is 9.95. The fraction of sp³-hybridized carbons (Fsp3) is 0.308. The second-order valence-electron chi connectivity index (χ2n) is 8.88. The van der Waals surface area contributed by atoms with E-state index in [1.807, 2.05) is 17.9 Å². The van der Waals surface area contributed by atoms with E-state index in [4.69, 9.17) is 11.1 Å². The lowest BCUT2D eigenvalue weighted by Crippen LogP contribution is -2.32. The molecule has 3 aromatic rings. The van der Waals surface area contributed by atoms with Gasteiger partial charge in [0.15, 0.2) is 0 Å². The van der Waals surface area contributed by atoms with Crippen molar-refractivity contribution < 1.29 is 29.0 Å². The number of carbonyl (C=O) groups is 3. The predicted molar refractivity (Wildman–Crippen MR) is 137 cm³/mol. The number of aromatic nitrogens is 2. The van der Waals surface area contributed by atoms with Crippen molar-refractivity contribution in [1.29, 1.82) is 5.41 Å². The van der Waals surface area contributed by atoms with Crippen LogP contribution in [0.15, 0.2) is 36.7 Å².